The molecule has 1 aromatic heterocycles. The van der Waals surface area contributed by atoms with Crippen LogP contribution in [0.3, 0.4) is 0 Å². The molecule has 2 fully saturated rings. The summed E-state index contributed by atoms with van der Waals surface area (Å²) in [6, 6.07) is 9.77. The number of nitrogens with one attached hydrogen (secondary N) is 1. The molecule has 1 N–H and O–H groups in total. The molecule has 0 saturated carbocycles. The Hall–Kier alpha value is -2.48. The van der Waals surface area contributed by atoms with Crippen LogP contribution < -0.4 is 10.2 Å². The van der Waals surface area contributed by atoms with E-state index in [2.05, 4.69) is 25.7 Å². The van der Waals surface area contributed by atoms with Crippen molar-refractivity contribution in [1.82, 2.24) is 25.5 Å². The number of carbonyl (C=O) groups excluding carboxylic acids is 1. The zero-order chi connectivity index (χ0) is 16.6. The fraction of sp³-hybridized carbons (Fsp3) is 0.500. The van der Waals surface area contributed by atoms with Gasteiger partial charge in [-0.25, -0.2) is 0 Å². The first-order chi connectivity index (χ1) is 11.7. The largest absolute Gasteiger partial charge is 0.381 e. The van der Waals surface area contributed by atoms with Crippen LogP contribution in [0.1, 0.15) is 6.42 Å². The molecule has 126 valence electrons. The second-order valence-corrected chi connectivity index (χ2v) is 6.36. The van der Waals surface area contributed by atoms with E-state index in [-0.39, 0.29) is 11.8 Å². The van der Waals surface area contributed by atoms with Gasteiger partial charge in [0, 0.05) is 32.7 Å². The first-order valence-corrected chi connectivity index (χ1v) is 8.13. The predicted molar refractivity (Wildman–Crippen MR) is 86.8 cm³/mol. The molecular weight excluding hydrogens is 308 g/mol. The Morgan fingerprint density at radius 2 is 2.21 bits per heavy atom. The predicted octanol–water partition coefficient (Wildman–Crippen LogP) is 0.251. The summed E-state index contributed by atoms with van der Waals surface area (Å²) in [5.41, 5.74) is 0.470. The van der Waals surface area contributed by atoms with Crippen molar-refractivity contribution in [1.29, 1.82) is 0 Å². The Balaban J connectivity index is 1.68. The van der Waals surface area contributed by atoms with Gasteiger partial charge >= 0.3 is 0 Å². The number of ether oxygens (including phenoxy) is 1. The lowest BCUT2D eigenvalue weighted by atomic mass is 9.73. The summed E-state index contributed by atoms with van der Waals surface area (Å²) in [5, 5.41) is 15.0. The molecule has 24 heavy (non-hydrogen) atoms. The molecule has 2 atom stereocenters. The number of para-hydroxylation sites is 1. The number of amides is 1. The molecule has 1 amide bonds. The highest BCUT2D eigenvalue weighted by atomic mass is 16.5. The summed E-state index contributed by atoms with van der Waals surface area (Å²) in [6.45, 7) is 2.52. The Bertz CT molecular complexity index is 733. The van der Waals surface area contributed by atoms with Crippen LogP contribution in [0, 0.1) is 11.3 Å². The number of carbonyl (C=O) groups is 1. The lowest BCUT2D eigenvalue weighted by Gasteiger charge is -2.36. The summed E-state index contributed by atoms with van der Waals surface area (Å²) in [6.07, 6.45) is 0.723. The van der Waals surface area contributed by atoms with Crippen LogP contribution in [-0.2, 0) is 9.53 Å². The second kappa shape index (κ2) is 5.86. The van der Waals surface area contributed by atoms with Crippen LogP contribution >= 0.6 is 0 Å². The summed E-state index contributed by atoms with van der Waals surface area (Å²) < 4.78 is 7.34. The quantitative estimate of drug-likeness (QED) is 0.869. The van der Waals surface area contributed by atoms with E-state index in [1.807, 2.05) is 30.3 Å². The topological polar surface area (TPSA) is 85.2 Å². The number of nitrogens with zero attached hydrogens (tertiary/aromatic N) is 5. The number of hydrogen-bond donors (Lipinski definition) is 1. The van der Waals surface area contributed by atoms with Crippen molar-refractivity contribution in [3.8, 4) is 5.69 Å². The van der Waals surface area contributed by atoms with E-state index >= 15 is 0 Å². The van der Waals surface area contributed by atoms with Gasteiger partial charge in [0.25, 0.3) is 0 Å². The number of fused-ring (bicyclic) bond motifs is 1. The minimum atomic E-state index is -0.430. The highest BCUT2D eigenvalue weighted by Gasteiger charge is 2.54. The fourth-order valence-electron chi connectivity index (χ4n) is 3.84. The van der Waals surface area contributed by atoms with Gasteiger partial charge in [0.15, 0.2) is 0 Å². The van der Waals surface area contributed by atoms with Crippen molar-refractivity contribution in [3.63, 3.8) is 0 Å². The Kier molecular flexibility index (Phi) is 3.68. The zero-order valence-electron chi connectivity index (χ0n) is 13.6. The van der Waals surface area contributed by atoms with Crippen molar-refractivity contribution < 1.29 is 9.53 Å². The normalized spacial score (nSPS) is 26.2. The molecule has 1 aromatic carbocycles. The van der Waals surface area contributed by atoms with Gasteiger partial charge in [0.05, 0.1) is 17.7 Å². The van der Waals surface area contributed by atoms with Crippen molar-refractivity contribution in [3.05, 3.63) is 30.3 Å². The van der Waals surface area contributed by atoms with E-state index in [0.717, 1.165) is 12.1 Å². The van der Waals surface area contributed by atoms with Gasteiger partial charge in [-0.05, 0) is 29.0 Å². The fourth-order valence-corrected chi connectivity index (χ4v) is 3.84. The maximum atomic E-state index is 12.6. The van der Waals surface area contributed by atoms with Crippen LogP contribution in [-0.4, -0.2) is 59.5 Å². The molecule has 8 heteroatoms. The Morgan fingerprint density at radius 3 is 3.00 bits per heavy atom. The van der Waals surface area contributed by atoms with Gasteiger partial charge in [-0.3, -0.25) is 4.79 Å². The summed E-state index contributed by atoms with van der Waals surface area (Å²) >= 11 is 0. The molecule has 0 unspecified atom stereocenters. The number of hydrogen-bond acceptors (Lipinski definition) is 6. The van der Waals surface area contributed by atoms with Gasteiger partial charge < -0.3 is 15.0 Å². The highest BCUT2D eigenvalue weighted by molar-refractivity contribution is 5.84. The first kappa shape index (κ1) is 15.1. The molecule has 0 radical (unpaired) electrons. The van der Waals surface area contributed by atoms with E-state index in [1.165, 1.54) is 0 Å². The van der Waals surface area contributed by atoms with Crippen LogP contribution in [0.15, 0.2) is 30.3 Å². The van der Waals surface area contributed by atoms with Gasteiger partial charge in [-0.15, -0.1) is 0 Å². The smallest absolute Gasteiger partial charge is 0.250 e. The lowest BCUT2D eigenvalue weighted by Crippen LogP contribution is -2.49. The second-order valence-electron chi connectivity index (χ2n) is 6.36. The molecule has 2 aromatic rings. The van der Waals surface area contributed by atoms with Gasteiger partial charge in [-0.1, -0.05) is 23.3 Å². The van der Waals surface area contributed by atoms with Crippen molar-refractivity contribution >= 4 is 11.9 Å². The van der Waals surface area contributed by atoms with Gasteiger partial charge in [0.1, 0.15) is 0 Å². The molecule has 2 aliphatic heterocycles. The van der Waals surface area contributed by atoms with Gasteiger partial charge in [0.2, 0.25) is 11.9 Å². The molecule has 2 saturated heterocycles. The summed E-state index contributed by atoms with van der Waals surface area (Å²) in [5.74, 6) is 0.892. The number of anilines is 1. The van der Waals surface area contributed by atoms with E-state index in [4.69, 9.17) is 4.74 Å². The van der Waals surface area contributed by atoms with E-state index < -0.39 is 5.41 Å². The van der Waals surface area contributed by atoms with Crippen LogP contribution in [0.4, 0.5) is 5.95 Å². The standard InChI is InChI=1S/C16H20N6O2/c1-17-14(23)16-7-8-24-10-12(16)9-21(11-16)15-18-19-20-22(15)13-5-3-2-4-6-13/h2-6,12H,7-11H2,1H3,(H,17,23)/t12-,16+/m1/s1. The average Bonchev–Trinajstić information content (AvgIpc) is 3.26. The number of tetrazole rings is 1. The molecule has 8 nitrogen and oxygen atoms in total. The third-order valence-corrected chi connectivity index (χ3v) is 5.12. The number of aromatic nitrogens is 4. The Morgan fingerprint density at radius 1 is 1.38 bits per heavy atom. The van der Waals surface area contributed by atoms with Crippen LogP contribution in [0.5, 0.6) is 0 Å². The van der Waals surface area contributed by atoms with Crippen molar-refractivity contribution in [2.45, 2.75) is 6.42 Å². The Labute approximate surface area is 139 Å². The minimum absolute atomic E-state index is 0.0806. The molecule has 0 bridgehead atoms. The average molecular weight is 328 g/mol. The molecule has 4 rings (SSSR count). The van der Waals surface area contributed by atoms with Crippen molar-refractivity contribution in [2.24, 2.45) is 11.3 Å². The van der Waals surface area contributed by atoms with E-state index in [1.54, 1.807) is 11.7 Å². The monoisotopic (exact) mass is 328 g/mol. The number of benzene rings is 1. The number of rotatable bonds is 3. The van der Waals surface area contributed by atoms with E-state index in [9.17, 15) is 4.79 Å². The van der Waals surface area contributed by atoms with Crippen molar-refractivity contribution in [2.75, 3.05) is 38.3 Å². The molecular formula is C16H20N6O2. The zero-order valence-corrected chi connectivity index (χ0v) is 13.6. The minimum Gasteiger partial charge on any atom is -0.381 e. The maximum absolute atomic E-state index is 12.6. The maximum Gasteiger partial charge on any atom is 0.250 e. The molecule has 0 spiro atoms. The van der Waals surface area contributed by atoms with Crippen LogP contribution in [0.2, 0.25) is 0 Å². The third-order valence-electron chi connectivity index (χ3n) is 5.12. The highest BCUT2D eigenvalue weighted by Crippen LogP contribution is 2.43. The molecule has 0 aliphatic carbocycles. The lowest BCUT2D eigenvalue weighted by molar-refractivity contribution is -0.138. The third kappa shape index (κ3) is 2.25. The SMILES string of the molecule is CNC(=O)[C@]12CCOC[C@H]1CN(c1nnnn1-c1ccccc1)C2. The first-order valence-electron chi connectivity index (χ1n) is 8.13. The van der Waals surface area contributed by atoms with E-state index in [0.29, 0.717) is 32.3 Å². The van der Waals surface area contributed by atoms with Crippen LogP contribution in [0.25, 0.3) is 5.69 Å². The summed E-state index contributed by atoms with van der Waals surface area (Å²) in [4.78, 5) is 14.7. The van der Waals surface area contributed by atoms with Gasteiger partial charge in [-0.2, -0.15) is 4.68 Å². The molecule has 3 heterocycles. The molecule has 2 aliphatic rings. The summed E-state index contributed by atoms with van der Waals surface area (Å²) in [7, 11) is 1.69.